The number of aromatic nitrogens is 3. The quantitative estimate of drug-likeness (QED) is 0.864. The fourth-order valence-electron chi connectivity index (χ4n) is 1.85. The molecule has 0 aliphatic carbocycles. The molecule has 0 N–H and O–H groups in total. The maximum atomic E-state index is 5.86. The number of hydrogen-bond acceptors (Lipinski definition) is 5. The van der Waals surface area contributed by atoms with Crippen LogP contribution in [0.15, 0.2) is 18.2 Å². The smallest absolute Gasteiger partial charge is 0.322 e. The third-order valence-electron chi connectivity index (χ3n) is 2.77. The second-order valence-electron chi connectivity index (χ2n) is 4.24. The van der Waals surface area contributed by atoms with Crippen LogP contribution in [-0.2, 0) is 0 Å². The molecule has 19 heavy (non-hydrogen) atoms. The van der Waals surface area contributed by atoms with E-state index in [1.54, 1.807) is 0 Å². The summed E-state index contributed by atoms with van der Waals surface area (Å²) < 4.78 is 5.00. The summed E-state index contributed by atoms with van der Waals surface area (Å²) >= 11 is 5.86. The number of benzene rings is 1. The molecule has 2 aromatic rings. The molecule has 0 saturated heterocycles. The van der Waals surface area contributed by atoms with Crippen LogP contribution in [0.25, 0.3) is 0 Å². The predicted octanol–water partition coefficient (Wildman–Crippen LogP) is 2.92. The van der Waals surface area contributed by atoms with Crippen LogP contribution in [0.3, 0.4) is 0 Å². The van der Waals surface area contributed by atoms with Crippen LogP contribution in [0.5, 0.6) is 6.01 Å². The molecule has 5 nitrogen and oxygen atoms in total. The fraction of sp³-hybridized carbons (Fsp3) is 0.308. The minimum absolute atomic E-state index is 0.110. The monoisotopic (exact) mass is 278 g/mol. The van der Waals surface area contributed by atoms with Gasteiger partial charge in [-0.1, -0.05) is 17.7 Å². The van der Waals surface area contributed by atoms with E-state index >= 15 is 0 Å². The zero-order chi connectivity index (χ0) is 14.0. The lowest BCUT2D eigenvalue weighted by atomic mass is 10.1. The van der Waals surface area contributed by atoms with E-state index in [0.717, 1.165) is 11.3 Å². The molecule has 0 fully saturated rings. The number of aryl methyl sites for hydroxylation is 2. The Labute approximate surface area is 117 Å². The van der Waals surface area contributed by atoms with Gasteiger partial charge in [0.25, 0.3) is 0 Å². The molecule has 2 rings (SSSR count). The van der Waals surface area contributed by atoms with Gasteiger partial charge in [-0.2, -0.15) is 15.0 Å². The Morgan fingerprint density at radius 1 is 1.16 bits per heavy atom. The van der Waals surface area contributed by atoms with E-state index in [1.807, 2.05) is 31.0 Å². The average molecular weight is 279 g/mol. The van der Waals surface area contributed by atoms with Crippen molar-refractivity contribution in [3.05, 3.63) is 34.6 Å². The van der Waals surface area contributed by atoms with E-state index in [-0.39, 0.29) is 11.3 Å². The number of rotatable bonds is 3. The fourth-order valence-corrected chi connectivity index (χ4v) is 2.00. The van der Waals surface area contributed by atoms with E-state index in [9.17, 15) is 0 Å². The van der Waals surface area contributed by atoms with E-state index in [2.05, 4.69) is 27.9 Å². The minimum Gasteiger partial charge on any atom is -0.467 e. The van der Waals surface area contributed by atoms with Crippen molar-refractivity contribution in [3.63, 3.8) is 0 Å². The molecule has 100 valence electrons. The number of halogens is 1. The van der Waals surface area contributed by atoms with E-state index < -0.39 is 0 Å². The molecular weight excluding hydrogens is 264 g/mol. The highest BCUT2D eigenvalue weighted by atomic mass is 35.5. The van der Waals surface area contributed by atoms with Crippen LogP contribution < -0.4 is 9.64 Å². The first-order chi connectivity index (χ1) is 9.01. The van der Waals surface area contributed by atoms with E-state index in [1.165, 1.54) is 12.7 Å². The summed E-state index contributed by atoms with van der Waals surface area (Å²) in [5, 5.41) is 0.110. The van der Waals surface area contributed by atoms with Gasteiger partial charge in [0.2, 0.25) is 11.2 Å². The van der Waals surface area contributed by atoms with Crippen LogP contribution in [-0.4, -0.2) is 29.1 Å². The van der Waals surface area contributed by atoms with Crippen molar-refractivity contribution in [3.8, 4) is 6.01 Å². The molecule has 0 bridgehead atoms. The molecule has 1 heterocycles. The molecule has 0 aliphatic rings. The van der Waals surface area contributed by atoms with Crippen molar-refractivity contribution in [1.29, 1.82) is 0 Å². The minimum atomic E-state index is 0.110. The topological polar surface area (TPSA) is 51.1 Å². The standard InChI is InChI=1S/C13H15ClN4O/c1-8-5-6-10(9(2)7-8)18(3)12-15-11(14)16-13(17-12)19-4/h5-7H,1-4H3. The van der Waals surface area contributed by atoms with Gasteiger partial charge < -0.3 is 9.64 Å². The van der Waals surface area contributed by atoms with Gasteiger partial charge in [0.05, 0.1) is 7.11 Å². The average Bonchev–Trinajstić information content (AvgIpc) is 2.37. The van der Waals surface area contributed by atoms with Crippen molar-refractivity contribution in [2.75, 3.05) is 19.1 Å². The Morgan fingerprint density at radius 2 is 1.89 bits per heavy atom. The first-order valence-corrected chi connectivity index (χ1v) is 6.15. The molecule has 0 unspecified atom stereocenters. The molecule has 1 aromatic heterocycles. The molecule has 0 aliphatic heterocycles. The molecule has 0 atom stereocenters. The highest BCUT2D eigenvalue weighted by Gasteiger charge is 2.13. The first-order valence-electron chi connectivity index (χ1n) is 5.78. The number of nitrogens with zero attached hydrogens (tertiary/aromatic N) is 4. The predicted molar refractivity (Wildman–Crippen MR) is 75.4 cm³/mol. The second-order valence-corrected chi connectivity index (χ2v) is 4.58. The first kappa shape index (κ1) is 13.5. The van der Waals surface area contributed by atoms with Crippen molar-refractivity contribution >= 4 is 23.2 Å². The lowest BCUT2D eigenvalue weighted by molar-refractivity contribution is 0.378. The Kier molecular flexibility index (Phi) is 3.85. The summed E-state index contributed by atoms with van der Waals surface area (Å²) in [4.78, 5) is 14.0. The summed E-state index contributed by atoms with van der Waals surface area (Å²) in [6.07, 6.45) is 0. The molecule has 0 radical (unpaired) electrons. The zero-order valence-corrected chi connectivity index (χ0v) is 12.1. The molecular formula is C13H15ClN4O. The van der Waals surface area contributed by atoms with Crippen LogP contribution in [0, 0.1) is 13.8 Å². The molecule has 1 aromatic carbocycles. The van der Waals surface area contributed by atoms with Gasteiger partial charge in [-0.15, -0.1) is 0 Å². The van der Waals surface area contributed by atoms with Gasteiger partial charge in [-0.05, 0) is 37.1 Å². The summed E-state index contributed by atoms with van der Waals surface area (Å²) in [7, 11) is 3.37. The zero-order valence-electron chi connectivity index (χ0n) is 11.3. The summed E-state index contributed by atoms with van der Waals surface area (Å²) in [5.74, 6) is 0.448. The summed E-state index contributed by atoms with van der Waals surface area (Å²) in [6, 6.07) is 6.37. The highest BCUT2D eigenvalue weighted by molar-refractivity contribution is 6.28. The molecule has 0 amide bonds. The third-order valence-corrected chi connectivity index (χ3v) is 2.94. The van der Waals surface area contributed by atoms with Crippen LogP contribution >= 0.6 is 11.6 Å². The number of anilines is 2. The second kappa shape index (κ2) is 5.40. The van der Waals surface area contributed by atoms with Crippen molar-refractivity contribution in [1.82, 2.24) is 15.0 Å². The highest BCUT2D eigenvalue weighted by Crippen LogP contribution is 2.26. The number of hydrogen-bond donors (Lipinski definition) is 0. The third kappa shape index (κ3) is 2.93. The normalized spacial score (nSPS) is 10.4. The van der Waals surface area contributed by atoms with Crippen molar-refractivity contribution in [2.24, 2.45) is 0 Å². The van der Waals surface area contributed by atoms with Crippen LogP contribution in [0.2, 0.25) is 5.28 Å². The van der Waals surface area contributed by atoms with Crippen LogP contribution in [0.1, 0.15) is 11.1 Å². The van der Waals surface area contributed by atoms with Crippen molar-refractivity contribution in [2.45, 2.75) is 13.8 Å². The van der Waals surface area contributed by atoms with E-state index in [4.69, 9.17) is 16.3 Å². The number of methoxy groups -OCH3 is 1. The Bertz CT molecular complexity index is 603. The maximum absolute atomic E-state index is 5.86. The molecule has 6 heteroatoms. The van der Waals surface area contributed by atoms with Gasteiger partial charge in [0, 0.05) is 12.7 Å². The van der Waals surface area contributed by atoms with Gasteiger partial charge in [0.1, 0.15) is 0 Å². The van der Waals surface area contributed by atoms with Crippen LogP contribution in [0.4, 0.5) is 11.6 Å². The van der Waals surface area contributed by atoms with Gasteiger partial charge >= 0.3 is 6.01 Å². The van der Waals surface area contributed by atoms with Gasteiger partial charge in [-0.25, -0.2) is 0 Å². The van der Waals surface area contributed by atoms with Gasteiger partial charge in [-0.3, -0.25) is 0 Å². The summed E-state index contributed by atoms with van der Waals surface area (Å²) in [6.45, 7) is 4.10. The SMILES string of the molecule is COc1nc(Cl)nc(N(C)c2ccc(C)cc2C)n1. The summed E-state index contributed by atoms with van der Waals surface area (Å²) in [5.41, 5.74) is 3.36. The lowest BCUT2D eigenvalue weighted by Gasteiger charge is -2.19. The number of ether oxygens (including phenoxy) is 1. The largest absolute Gasteiger partial charge is 0.467 e. The Hall–Kier alpha value is -1.88. The molecule has 0 saturated carbocycles. The van der Waals surface area contributed by atoms with E-state index in [0.29, 0.717) is 5.95 Å². The van der Waals surface area contributed by atoms with Gasteiger partial charge in [0.15, 0.2) is 0 Å². The van der Waals surface area contributed by atoms with Crippen molar-refractivity contribution < 1.29 is 4.74 Å². The Morgan fingerprint density at radius 3 is 2.53 bits per heavy atom. The lowest BCUT2D eigenvalue weighted by Crippen LogP contribution is -2.15. The maximum Gasteiger partial charge on any atom is 0.322 e. The molecule has 0 spiro atoms. The Balaban J connectivity index is 2.43.